The van der Waals surface area contributed by atoms with Gasteiger partial charge in [-0.1, -0.05) is 57.6 Å². The number of carboxylic acid groups (broad SMARTS) is 1. The highest BCUT2D eigenvalue weighted by atomic mass is 79.9. The molecule has 0 fully saturated rings. The Morgan fingerprint density at radius 3 is 2.65 bits per heavy atom. The SMILES string of the molecule is COC(=O)C1=C(C)N=c2s/c(=C\c3cc(Br)ccc3OCC(=O)O)c(=O)n2[C@@H]1c1ccccc1. The van der Waals surface area contributed by atoms with E-state index >= 15 is 0 Å². The Labute approximate surface area is 206 Å². The van der Waals surface area contributed by atoms with Crippen LogP contribution in [0.5, 0.6) is 5.75 Å². The zero-order chi connectivity index (χ0) is 24.4. The maximum atomic E-state index is 13.6. The van der Waals surface area contributed by atoms with Crippen molar-refractivity contribution in [1.29, 1.82) is 0 Å². The number of halogens is 1. The first-order valence-electron chi connectivity index (χ1n) is 10.1. The monoisotopic (exact) mass is 542 g/mol. The molecule has 1 aliphatic rings. The molecule has 3 aromatic rings. The number of aliphatic carboxylic acids is 1. The molecule has 0 radical (unpaired) electrons. The number of allylic oxidation sites excluding steroid dienone is 1. The van der Waals surface area contributed by atoms with Gasteiger partial charge in [-0.2, -0.15) is 0 Å². The summed E-state index contributed by atoms with van der Waals surface area (Å²) in [7, 11) is 1.29. The molecule has 0 unspecified atom stereocenters. The Balaban J connectivity index is 1.93. The van der Waals surface area contributed by atoms with Crippen molar-refractivity contribution in [2.24, 2.45) is 4.99 Å². The van der Waals surface area contributed by atoms with Gasteiger partial charge in [0.05, 0.1) is 29.0 Å². The predicted octanol–water partition coefficient (Wildman–Crippen LogP) is 2.63. The van der Waals surface area contributed by atoms with Crippen LogP contribution < -0.4 is 19.6 Å². The number of fused-ring (bicyclic) bond motifs is 1. The number of thiazole rings is 1. The third-order valence-corrected chi connectivity index (χ3v) is 6.63. The number of carboxylic acids is 1. The van der Waals surface area contributed by atoms with Crippen LogP contribution in [0.3, 0.4) is 0 Å². The van der Waals surface area contributed by atoms with Crippen LogP contribution in [0.2, 0.25) is 0 Å². The number of benzene rings is 2. The van der Waals surface area contributed by atoms with Crippen LogP contribution in [-0.4, -0.2) is 35.3 Å². The van der Waals surface area contributed by atoms with E-state index < -0.39 is 24.6 Å². The molecule has 1 atom stereocenters. The highest BCUT2D eigenvalue weighted by molar-refractivity contribution is 9.10. The Kier molecular flexibility index (Phi) is 6.80. The van der Waals surface area contributed by atoms with Crippen LogP contribution in [0.25, 0.3) is 6.08 Å². The molecule has 1 aromatic heterocycles. The number of esters is 1. The number of aromatic nitrogens is 1. The highest BCUT2D eigenvalue weighted by Gasteiger charge is 2.32. The van der Waals surface area contributed by atoms with Crippen LogP contribution in [0.1, 0.15) is 24.1 Å². The van der Waals surface area contributed by atoms with Gasteiger partial charge in [0.2, 0.25) is 0 Å². The Morgan fingerprint density at radius 1 is 1.24 bits per heavy atom. The van der Waals surface area contributed by atoms with Gasteiger partial charge in [-0.25, -0.2) is 14.6 Å². The van der Waals surface area contributed by atoms with Gasteiger partial charge in [-0.15, -0.1) is 0 Å². The van der Waals surface area contributed by atoms with E-state index in [4.69, 9.17) is 14.6 Å². The topological polar surface area (TPSA) is 107 Å². The van der Waals surface area contributed by atoms with Crippen LogP contribution in [-0.2, 0) is 14.3 Å². The first-order chi connectivity index (χ1) is 16.3. The van der Waals surface area contributed by atoms with Gasteiger partial charge in [0.15, 0.2) is 11.4 Å². The van der Waals surface area contributed by atoms with Gasteiger partial charge >= 0.3 is 11.9 Å². The third-order valence-electron chi connectivity index (χ3n) is 5.15. The summed E-state index contributed by atoms with van der Waals surface area (Å²) in [5.41, 5.74) is 1.71. The standard InChI is InChI=1S/C24H19BrN2O6S/c1-13-20(23(31)32-2)21(14-6-4-3-5-7-14)27-22(30)18(34-24(27)26-13)11-15-10-16(25)8-9-17(15)33-12-19(28)29/h3-11,21H,12H2,1-2H3,(H,28,29)/b18-11-/t21-/m1/s1. The highest BCUT2D eigenvalue weighted by Crippen LogP contribution is 2.30. The molecule has 8 nitrogen and oxygen atoms in total. The zero-order valence-corrected chi connectivity index (χ0v) is 20.6. The molecule has 1 N–H and O–H groups in total. The summed E-state index contributed by atoms with van der Waals surface area (Å²) < 4.78 is 13.0. The minimum absolute atomic E-state index is 0.292. The Hall–Kier alpha value is -3.50. The van der Waals surface area contributed by atoms with Gasteiger partial charge < -0.3 is 14.6 Å². The lowest BCUT2D eigenvalue weighted by molar-refractivity contribution is -0.139. The Bertz CT molecular complexity index is 1490. The summed E-state index contributed by atoms with van der Waals surface area (Å²) in [6.07, 6.45) is 1.63. The minimum Gasteiger partial charge on any atom is -0.481 e. The normalized spacial score (nSPS) is 15.5. The van der Waals surface area contributed by atoms with E-state index in [1.807, 2.05) is 30.3 Å². The van der Waals surface area contributed by atoms with Gasteiger partial charge in [-0.05, 0) is 36.8 Å². The van der Waals surface area contributed by atoms with E-state index in [2.05, 4.69) is 20.9 Å². The molecular weight excluding hydrogens is 524 g/mol. The fourth-order valence-corrected chi connectivity index (χ4v) is 5.10. The average Bonchev–Trinajstić information content (AvgIpc) is 3.12. The summed E-state index contributed by atoms with van der Waals surface area (Å²) in [5, 5.41) is 8.97. The summed E-state index contributed by atoms with van der Waals surface area (Å²) in [4.78, 5) is 42.2. The van der Waals surface area contributed by atoms with Crippen molar-refractivity contribution in [3.05, 3.63) is 95.1 Å². The van der Waals surface area contributed by atoms with E-state index in [0.717, 1.165) is 10.0 Å². The fraction of sp³-hybridized carbons (Fsp3) is 0.167. The number of methoxy groups -OCH3 is 1. The number of carbonyl (C=O) groups excluding carboxylic acids is 1. The molecule has 34 heavy (non-hydrogen) atoms. The summed E-state index contributed by atoms with van der Waals surface area (Å²) >= 11 is 4.57. The first-order valence-corrected chi connectivity index (χ1v) is 11.7. The van der Waals surface area contributed by atoms with Crippen LogP contribution in [0.4, 0.5) is 0 Å². The lowest BCUT2D eigenvalue weighted by atomic mass is 9.96. The second-order valence-electron chi connectivity index (χ2n) is 7.35. The van der Waals surface area contributed by atoms with Crippen molar-refractivity contribution in [2.75, 3.05) is 13.7 Å². The van der Waals surface area contributed by atoms with Crippen molar-refractivity contribution >= 4 is 45.3 Å². The van der Waals surface area contributed by atoms with Gasteiger partial charge in [-0.3, -0.25) is 9.36 Å². The van der Waals surface area contributed by atoms with Crippen molar-refractivity contribution in [2.45, 2.75) is 13.0 Å². The summed E-state index contributed by atoms with van der Waals surface area (Å²) in [5.74, 6) is -1.34. The number of carbonyl (C=O) groups is 2. The van der Waals surface area contributed by atoms with E-state index in [1.54, 1.807) is 31.2 Å². The maximum absolute atomic E-state index is 13.6. The quantitative estimate of drug-likeness (QED) is 0.480. The average molecular weight is 543 g/mol. The van der Waals surface area contributed by atoms with Crippen molar-refractivity contribution in [1.82, 2.24) is 4.57 Å². The molecule has 0 bridgehead atoms. The number of rotatable bonds is 6. The maximum Gasteiger partial charge on any atom is 0.341 e. The molecule has 0 saturated heterocycles. The Morgan fingerprint density at radius 2 is 1.97 bits per heavy atom. The lowest BCUT2D eigenvalue weighted by Gasteiger charge is -2.24. The largest absolute Gasteiger partial charge is 0.481 e. The molecule has 2 aromatic carbocycles. The van der Waals surface area contributed by atoms with Crippen molar-refractivity contribution < 1.29 is 24.2 Å². The number of hydrogen-bond donors (Lipinski definition) is 1. The molecule has 0 amide bonds. The molecular formula is C24H19BrN2O6S. The number of hydrogen-bond acceptors (Lipinski definition) is 7. The van der Waals surface area contributed by atoms with Gasteiger partial charge in [0, 0.05) is 10.0 Å². The molecule has 1 aliphatic heterocycles. The molecule has 0 aliphatic carbocycles. The summed E-state index contributed by atoms with van der Waals surface area (Å²) in [6, 6.07) is 13.6. The van der Waals surface area contributed by atoms with Gasteiger partial charge in [0.1, 0.15) is 5.75 Å². The zero-order valence-electron chi connectivity index (χ0n) is 18.1. The van der Waals surface area contributed by atoms with Crippen LogP contribution in [0.15, 0.2) is 74.1 Å². The molecule has 0 saturated carbocycles. The van der Waals surface area contributed by atoms with Crippen LogP contribution >= 0.6 is 27.3 Å². The molecule has 0 spiro atoms. The van der Waals surface area contributed by atoms with Crippen molar-refractivity contribution in [3.8, 4) is 5.75 Å². The molecule has 174 valence electrons. The molecule has 10 heteroatoms. The minimum atomic E-state index is -1.11. The summed E-state index contributed by atoms with van der Waals surface area (Å²) in [6.45, 7) is 1.20. The van der Waals surface area contributed by atoms with Crippen LogP contribution in [0, 0.1) is 0 Å². The molecule has 4 rings (SSSR count). The van der Waals surface area contributed by atoms with E-state index in [0.29, 0.717) is 31.9 Å². The smallest absolute Gasteiger partial charge is 0.341 e. The third kappa shape index (κ3) is 4.59. The predicted molar refractivity (Wildman–Crippen MR) is 129 cm³/mol. The fourth-order valence-electron chi connectivity index (χ4n) is 3.69. The number of ether oxygens (including phenoxy) is 2. The lowest BCUT2D eigenvalue weighted by Crippen LogP contribution is -2.39. The first kappa shape index (κ1) is 23.7. The second-order valence-corrected chi connectivity index (χ2v) is 9.27. The van der Waals surface area contributed by atoms with Crippen molar-refractivity contribution in [3.63, 3.8) is 0 Å². The van der Waals surface area contributed by atoms with E-state index in [9.17, 15) is 14.4 Å². The van der Waals surface area contributed by atoms with E-state index in [1.165, 1.54) is 23.0 Å². The number of nitrogens with zero attached hydrogens (tertiary/aromatic N) is 2. The van der Waals surface area contributed by atoms with Gasteiger partial charge in [0.25, 0.3) is 5.56 Å². The van der Waals surface area contributed by atoms with E-state index in [-0.39, 0.29) is 5.56 Å². The molecule has 2 heterocycles. The second kappa shape index (κ2) is 9.78.